The molecule has 0 bridgehead atoms. The molecule has 0 unspecified atom stereocenters. The van der Waals surface area contributed by atoms with E-state index in [4.69, 9.17) is 26.8 Å². The number of halogens is 1. The third-order valence-electron chi connectivity index (χ3n) is 3.72. The molecule has 0 heterocycles. The first-order valence-corrected chi connectivity index (χ1v) is 8.58. The van der Waals surface area contributed by atoms with E-state index in [1.54, 1.807) is 24.3 Å². The van der Waals surface area contributed by atoms with Gasteiger partial charge in [-0.2, -0.15) is 0 Å². The number of nitrogens with one attached hydrogen (secondary N) is 1. The number of esters is 1. The molecule has 0 fully saturated rings. The Balaban J connectivity index is 1.84. The normalized spacial score (nSPS) is 10.1. The molecule has 0 aliphatic rings. The molecule has 0 spiro atoms. The number of carbonyl (C=O) groups is 3. The lowest BCUT2D eigenvalue weighted by Crippen LogP contribution is -2.37. The minimum absolute atomic E-state index is 0.107. The third kappa shape index (κ3) is 5.88. The fraction of sp³-hybridized carbons (Fsp3) is 0.211. The van der Waals surface area contributed by atoms with Crippen molar-refractivity contribution in [1.82, 2.24) is 4.90 Å². The Morgan fingerprint density at radius 2 is 1.93 bits per heavy atom. The van der Waals surface area contributed by atoms with Crippen molar-refractivity contribution in [1.29, 1.82) is 0 Å². The van der Waals surface area contributed by atoms with Gasteiger partial charge in [-0.25, -0.2) is 4.79 Å². The van der Waals surface area contributed by atoms with Gasteiger partial charge in [0.1, 0.15) is 5.75 Å². The lowest BCUT2D eigenvalue weighted by molar-refractivity contribution is -0.136. The maximum Gasteiger partial charge on any atom is 0.340 e. The number of ether oxygens (including phenoxy) is 2. The van der Waals surface area contributed by atoms with Crippen LogP contribution in [0.4, 0.5) is 11.4 Å². The molecule has 0 aliphatic carbocycles. The predicted molar refractivity (Wildman–Crippen MR) is 105 cm³/mol. The van der Waals surface area contributed by atoms with Crippen molar-refractivity contribution < 1.29 is 23.9 Å². The molecule has 3 N–H and O–H groups in total. The zero-order valence-electron chi connectivity index (χ0n) is 15.4. The number of carbonyl (C=O) groups excluding carboxylic acids is 3. The van der Waals surface area contributed by atoms with Gasteiger partial charge in [-0.15, -0.1) is 0 Å². The summed E-state index contributed by atoms with van der Waals surface area (Å²) in [5, 5.41) is 3.04. The highest BCUT2D eigenvalue weighted by molar-refractivity contribution is 6.31. The summed E-state index contributed by atoms with van der Waals surface area (Å²) in [7, 11) is 2.95. The number of benzene rings is 2. The largest absolute Gasteiger partial charge is 0.497 e. The number of amides is 2. The van der Waals surface area contributed by atoms with Crippen LogP contribution in [0.25, 0.3) is 0 Å². The van der Waals surface area contributed by atoms with Gasteiger partial charge in [-0.05, 0) is 30.3 Å². The van der Waals surface area contributed by atoms with Crippen molar-refractivity contribution >= 4 is 40.8 Å². The van der Waals surface area contributed by atoms with Gasteiger partial charge in [0.2, 0.25) is 5.91 Å². The first-order valence-electron chi connectivity index (χ1n) is 8.20. The number of nitrogen functional groups attached to an aromatic ring is 1. The SMILES string of the molecule is COc1cccc(NC(=O)CN(C)C(=O)COC(=O)c2ccc(Cl)cc2N)c1. The highest BCUT2D eigenvalue weighted by atomic mass is 35.5. The first kappa shape index (κ1) is 21.0. The van der Waals surface area contributed by atoms with E-state index in [0.29, 0.717) is 16.5 Å². The second kappa shape index (κ2) is 9.61. The zero-order valence-corrected chi connectivity index (χ0v) is 16.2. The average Bonchev–Trinajstić information content (AvgIpc) is 2.65. The molecule has 148 valence electrons. The molecule has 0 aliphatic heterocycles. The van der Waals surface area contributed by atoms with Crippen LogP contribution in [0.5, 0.6) is 5.75 Å². The molecule has 2 rings (SSSR count). The molecule has 0 saturated heterocycles. The Kier molecular flexibility index (Phi) is 7.22. The number of hydrogen-bond donors (Lipinski definition) is 2. The smallest absolute Gasteiger partial charge is 0.340 e. The van der Waals surface area contributed by atoms with Crippen LogP contribution in [-0.2, 0) is 14.3 Å². The van der Waals surface area contributed by atoms with Crippen LogP contribution in [0.2, 0.25) is 5.02 Å². The Hall–Kier alpha value is -3.26. The van der Waals surface area contributed by atoms with Gasteiger partial charge >= 0.3 is 5.97 Å². The molecule has 2 amide bonds. The summed E-state index contributed by atoms with van der Waals surface area (Å²) in [6, 6.07) is 11.1. The van der Waals surface area contributed by atoms with Crippen molar-refractivity contribution in [3.8, 4) is 5.75 Å². The first-order chi connectivity index (χ1) is 13.3. The van der Waals surface area contributed by atoms with Crippen molar-refractivity contribution in [2.24, 2.45) is 0 Å². The quantitative estimate of drug-likeness (QED) is 0.539. The summed E-state index contributed by atoms with van der Waals surface area (Å²) in [6.07, 6.45) is 0. The lowest BCUT2D eigenvalue weighted by Gasteiger charge is -2.17. The average molecular weight is 406 g/mol. The minimum Gasteiger partial charge on any atom is -0.497 e. The monoisotopic (exact) mass is 405 g/mol. The number of nitrogens with two attached hydrogens (primary N) is 1. The number of rotatable bonds is 7. The molecule has 8 nitrogen and oxygen atoms in total. The molecule has 2 aromatic carbocycles. The van der Waals surface area contributed by atoms with E-state index in [-0.39, 0.29) is 17.8 Å². The van der Waals surface area contributed by atoms with Gasteiger partial charge in [0, 0.05) is 29.5 Å². The van der Waals surface area contributed by atoms with Gasteiger partial charge in [0.05, 0.1) is 19.2 Å². The molecular weight excluding hydrogens is 386 g/mol. The Morgan fingerprint density at radius 1 is 1.18 bits per heavy atom. The van der Waals surface area contributed by atoms with Crippen LogP contribution in [-0.4, -0.2) is 50.0 Å². The fourth-order valence-electron chi connectivity index (χ4n) is 2.24. The zero-order chi connectivity index (χ0) is 20.7. The van der Waals surface area contributed by atoms with Gasteiger partial charge in [0.15, 0.2) is 6.61 Å². The van der Waals surface area contributed by atoms with Crippen LogP contribution >= 0.6 is 11.6 Å². The van der Waals surface area contributed by atoms with Gasteiger partial charge in [0.25, 0.3) is 5.91 Å². The summed E-state index contributed by atoms with van der Waals surface area (Å²) >= 11 is 5.78. The summed E-state index contributed by atoms with van der Waals surface area (Å²) in [5.74, 6) is -1.11. The highest BCUT2D eigenvalue weighted by Gasteiger charge is 2.17. The van der Waals surface area contributed by atoms with E-state index < -0.39 is 24.4 Å². The maximum absolute atomic E-state index is 12.1. The topological polar surface area (TPSA) is 111 Å². The molecular formula is C19H20ClN3O5. The Morgan fingerprint density at radius 3 is 2.61 bits per heavy atom. The van der Waals surface area contributed by atoms with Crippen LogP contribution < -0.4 is 15.8 Å². The van der Waals surface area contributed by atoms with Crippen LogP contribution in [0, 0.1) is 0 Å². The predicted octanol–water partition coefficient (Wildman–Crippen LogP) is 2.18. The Bertz CT molecular complexity index is 888. The van der Waals surface area contributed by atoms with E-state index in [2.05, 4.69) is 5.32 Å². The third-order valence-corrected chi connectivity index (χ3v) is 3.96. The maximum atomic E-state index is 12.1. The second-order valence-corrected chi connectivity index (χ2v) is 6.27. The molecule has 0 atom stereocenters. The number of methoxy groups -OCH3 is 1. The van der Waals surface area contributed by atoms with Crippen LogP contribution in [0.1, 0.15) is 10.4 Å². The summed E-state index contributed by atoms with van der Waals surface area (Å²) in [4.78, 5) is 37.4. The Labute approximate surface area is 167 Å². The second-order valence-electron chi connectivity index (χ2n) is 5.84. The van der Waals surface area contributed by atoms with E-state index in [9.17, 15) is 14.4 Å². The molecule has 28 heavy (non-hydrogen) atoms. The van der Waals surface area contributed by atoms with Crippen molar-refractivity contribution in [2.75, 3.05) is 38.4 Å². The minimum atomic E-state index is -0.753. The lowest BCUT2D eigenvalue weighted by atomic mass is 10.2. The summed E-state index contributed by atoms with van der Waals surface area (Å²) in [5.41, 5.74) is 6.50. The van der Waals surface area contributed by atoms with Gasteiger partial charge in [-0.3, -0.25) is 9.59 Å². The van der Waals surface area contributed by atoms with E-state index in [0.717, 1.165) is 4.90 Å². The van der Waals surface area contributed by atoms with E-state index >= 15 is 0 Å². The summed E-state index contributed by atoms with van der Waals surface area (Å²) < 4.78 is 10.0. The van der Waals surface area contributed by atoms with Crippen LogP contribution in [0.3, 0.4) is 0 Å². The molecule has 0 saturated carbocycles. The van der Waals surface area contributed by atoms with Crippen LogP contribution in [0.15, 0.2) is 42.5 Å². The van der Waals surface area contributed by atoms with Gasteiger partial charge in [-0.1, -0.05) is 17.7 Å². The van der Waals surface area contributed by atoms with E-state index in [1.165, 1.54) is 32.4 Å². The number of hydrogen-bond acceptors (Lipinski definition) is 6. The number of anilines is 2. The number of nitrogens with zero attached hydrogens (tertiary/aromatic N) is 1. The molecule has 0 radical (unpaired) electrons. The highest BCUT2D eigenvalue weighted by Crippen LogP contribution is 2.19. The van der Waals surface area contributed by atoms with E-state index in [1.807, 2.05) is 0 Å². The standard InChI is InChI=1S/C19H20ClN3O5/c1-23(10-17(24)22-13-4-3-5-14(9-13)27-2)18(25)11-28-19(26)15-7-6-12(20)8-16(15)21/h3-9H,10-11,21H2,1-2H3,(H,22,24). The van der Waals surface area contributed by atoms with Crippen molar-refractivity contribution in [3.05, 3.63) is 53.1 Å². The van der Waals surface area contributed by atoms with Crippen molar-refractivity contribution in [3.63, 3.8) is 0 Å². The number of likely N-dealkylation sites (N-methyl/N-ethyl adjacent to an activating group) is 1. The molecule has 9 heteroatoms. The fourth-order valence-corrected chi connectivity index (χ4v) is 2.42. The summed E-state index contributed by atoms with van der Waals surface area (Å²) in [6.45, 7) is -0.736. The molecule has 0 aromatic heterocycles. The molecule has 2 aromatic rings. The van der Waals surface area contributed by atoms with Crippen molar-refractivity contribution in [2.45, 2.75) is 0 Å². The van der Waals surface area contributed by atoms with Gasteiger partial charge < -0.3 is 25.4 Å².